The van der Waals surface area contributed by atoms with Crippen molar-refractivity contribution in [2.45, 2.75) is 20.0 Å². The molecule has 0 aliphatic rings. The number of para-hydroxylation sites is 1. The lowest BCUT2D eigenvalue weighted by atomic mass is 10.1. The average molecular weight is 462 g/mol. The van der Waals surface area contributed by atoms with Gasteiger partial charge in [-0.15, -0.1) is 0 Å². The summed E-state index contributed by atoms with van der Waals surface area (Å²) in [6.45, 7) is 2.09. The van der Waals surface area contributed by atoms with Crippen molar-refractivity contribution < 1.29 is 9.53 Å². The molecule has 6 nitrogen and oxygen atoms in total. The van der Waals surface area contributed by atoms with E-state index in [9.17, 15) is 9.59 Å². The molecule has 1 heterocycles. The third-order valence-electron chi connectivity index (χ3n) is 5.34. The number of aromatic nitrogens is 1. The molecule has 0 aliphatic carbocycles. The first-order valence-corrected chi connectivity index (χ1v) is 10.9. The first-order chi connectivity index (χ1) is 15.9. The number of pyridine rings is 1. The van der Waals surface area contributed by atoms with Crippen LogP contribution in [0.4, 0.5) is 11.4 Å². The number of nitrogens with zero attached hydrogens (tertiary/aromatic N) is 1. The number of benzene rings is 3. The molecule has 0 saturated heterocycles. The van der Waals surface area contributed by atoms with Crippen LogP contribution in [-0.4, -0.2) is 17.6 Å². The Balaban J connectivity index is 1.68. The fraction of sp³-hybridized carbons (Fsp3) is 0.154. The topological polar surface area (TPSA) is 72.4 Å². The zero-order chi connectivity index (χ0) is 23.4. The Morgan fingerprint density at radius 2 is 1.82 bits per heavy atom. The molecule has 33 heavy (non-hydrogen) atoms. The predicted octanol–water partition coefficient (Wildman–Crippen LogP) is 5.22. The number of halogens is 1. The minimum atomic E-state index is -0.347. The molecule has 0 radical (unpaired) electrons. The van der Waals surface area contributed by atoms with E-state index in [1.54, 1.807) is 25.3 Å². The fourth-order valence-electron chi connectivity index (χ4n) is 3.63. The van der Waals surface area contributed by atoms with Gasteiger partial charge in [0.15, 0.2) is 0 Å². The van der Waals surface area contributed by atoms with Gasteiger partial charge in [-0.2, -0.15) is 0 Å². The summed E-state index contributed by atoms with van der Waals surface area (Å²) >= 11 is 6.26. The molecular formula is C26H24ClN3O3. The van der Waals surface area contributed by atoms with Crippen molar-refractivity contribution in [2.24, 2.45) is 0 Å². The van der Waals surface area contributed by atoms with E-state index in [0.29, 0.717) is 34.1 Å². The van der Waals surface area contributed by atoms with Gasteiger partial charge in [0.1, 0.15) is 12.3 Å². The number of amides is 1. The number of ether oxygens (including phenoxy) is 1. The van der Waals surface area contributed by atoms with E-state index in [4.69, 9.17) is 16.3 Å². The Kier molecular flexibility index (Phi) is 6.66. The van der Waals surface area contributed by atoms with E-state index in [1.165, 1.54) is 4.57 Å². The van der Waals surface area contributed by atoms with Crippen molar-refractivity contribution in [3.8, 4) is 5.75 Å². The van der Waals surface area contributed by atoms with Crippen LogP contribution < -0.4 is 20.9 Å². The Morgan fingerprint density at radius 1 is 1.03 bits per heavy atom. The first-order valence-electron chi connectivity index (χ1n) is 10.5. The van der Waals surface area contributed by atoms with Crippen LogP contribution in [0.5, 0.6) is 5.75 Å². The van der Waals surface area contributed by atoms with E-state index in [0.717, 1.165) is 16.6 Å². The van der Waals surface area contributed by atoms with Crippen molar-refractivity contribution in [3.05, 3.63) is 99.3 Å². The van der Waals surface area contributed by atoms with Gasteiger partial charge in [0.25, 0.3) is 5.56 Å². The highest BCUT2D eigenvalue weighted by molar-refractivity contribution is 6.33. The second-order valence-electron chi connectivity index (χ2n) is 7.74. The highest BCUT2D eigenvalue weighted by atomic mass is 35.5. The number of fused-ring (bicyclic) bond motifs is 1. The van der Waals surface area contributed by atoms with E-state index in [2.05, 4.69) is 10.6 Å². The Hall–Kier alpha value is -3.77. The third-order valence-corrected chi connectivity index (χ3v) is 5.65. The second-order valence-corrected chi connectivity index (χ2v) is 8.14. The van der Waals surface area contributed by atoms with Gasteiger partial charge in [0.05, 0.1) is 23.3 Å². The zero-order valence-corrected chi connectivity index (χ0v) is 19.1. The van der Waals surface area contributed by atoms with Gasteiger partial charge < -0.3 is 15.4 Å². The molecule has 1 amide bonds. The van der Waals surface area contributed by atoms with Gasteiger partial charge in [-0.05, 0) is 60.3 Å². The number of anilines is 2. The van der Waals surface area contributed by atoms with Crippen LogP contribution in [0.2, 0.25) is 5.02 Å². The minimum Gasteiger partial charge on any atom is -0.497 e. The van der Waals surface area contributed by atoms with Crippen molar-refractivity contribution in [1.29, 1.82) is 0 Å². The first kappa shape index (κ1) is 22.4. The summed E-state index contributed by atoms with van der Waals surface area (Å²) in [6.07, 6.45) is 0. The van der Waals surface area contributed by atoms with Crippen LogP contribution >= 0.6 is 11.6 Å². The Bertz CT molecular complexity index is 1370. The molecule has 0 bridgehead atoms. The number of hydrogen-bond donors (Lipinski definition) is 2. The number of rotatable bonds is 7. The molecular weight excluding hydrogens is 438 g/mol. The fourth-order valence-corrected chi connectivity index (χ4v) is 3.91. The molecule has 4 aromatic rings. The summed E-state index contributed by atoms with van der Waals surface area (Å²) in [5.41, 5.74) is 3.33. The lowest BCUT2D eigenvalue weighted by Crippen LogP contribution is -2.30. The van der Waals surface area contributed by atoms with Crippen LogP contribution in [-0.2, 0) is 17.9 Å². The van der Waals surface area contributed by atoms with E-state index in [1.807, 2.05) is 61.5 Å². The number of methoxy groups -OCH3 is 1. The summed E-state index contributed by atoms with van der Waals surface area (Å²) in [5, 5.41) is 7.35. The molecule has 168 valence electrons. The van der Waals surface area contributed by atoms with Gasteiger partial charge >= 0.3 is 0 Å². The summed E-state index contributed by atoms with van der Waals surface area (Å²) in [6, 6.07) is 22.4. The van der Waals surface area contributed by atoms with Gasteiger partial charge in [0, 0.05) is 23.9 Å². The number of nitrogens with one attached hydrogen (secondary N) is 2. The molecule has 0 unspecified atom stereocenters. The van der Waals surface area contributed by atoms with Gasteiger partial charge in [-0.3, -0.25) is 14.2 Å². The lowest BCUT2D eigenvalue weighted by Gasteiger charge is -2.15. The van der Waals surface area contributed by atoms with Gasteiger partial charge in [-0.1, -0.05) is 35.9 Å². The molecule has 3 aromatic carbocycles. The molecule has 4 rings (SSSR count). The third kappa shape index (κ3) is 5.18. The van der Waals surface area contributed by atoms with Crippen LogP contribution in [0.25, 0.3) is 10.9 Å². The van der Waals surface area contributed by atoms with Crippen molar-refractivity contribution >= 4 is 39.8 Å². The molecule has 2 N–H and O–H groups in total. The van der Waals surface area contributed by atoms with Crippen LogP contribution in [0.3, 0.4) is 0 Å². The molecule has 1 aromatic heterocycles. The quantitative estimate of drug-likeness (QED) is 0.395. The summed E-state index contributed by atoms with van der Waals surface area (Å²) < 4.78 is 6.80. The summed E-state index contributed by atoms with van der Waals surface area (Å²) in [5.74, 6) is 0.257. The van der Waals surface area contributed by atoms with E-state index >= 15 is 0 Å². The summed E-state index contributed by atoms with van der Waals surface area (Å²) in [4.78, 5) is 26.3. The monoisotopic (exact) mass is 461 g/mol. The molecule has 0 spiro atoms. The molecule has 0 aliphatic heterocycles. The molecule has 7 heteroatoms. The standard InChI is InChI=1S/C26H24ClN3O3/c1-17-8-11-23(22(27)12-17)29-25(31)16-30-24-14-21(33-2)10-9-18(24)13-19(26(30)32)15-28-20-6-4-3-5-7-20/h3-14,28H,15-16H2,1-2H3,(H,29,31). The number of aryl methyl sites for hydroxylation is 1. The summed E-state index contributed by atoms with van der Waals surface area (Å²) in [7, 11) is 1.56. The van der Waals surface area contributed by atoms with Crippen molar-refractivity contribution in [1.82, 2.24) is 4.57 Å². The van der Waals surface area contributed by atoms with Gasteiger partial charge in [-0.25, -0.2) is 0 Å². The van der Waals surface area contributed by atoms with Gasteiger partial charge in [0.2, 0.25) is 5.91 Å². The maximum absolute atomic E-state index is 13.4. The molecule has 0 atom stereocenters. The number of carbonyl (C=O) groups is 1. The largest absolute Gasteiger partial charge is 0.497 e. The van der Waals surface area contributed by atoms with E-state index < -0.39 is 0 Å². The SMILES string of the molecule is COc1ccc2cc(CNc3ccccc3)c(=O)n(CC(=O)Nc3ccc(C)cc3Cl)c2c1. The highest BCUT2D eigenvalue weighted by Crippen LogP contribution is 2.24. The number of carbonyl (C=O) groups excluding carboxylic acids is 1. The zero-order valence-electron chi connectivity index (χ0n) is 18.4. The molecule has 0 saturated carbocycles. The average Bonchev–Trinajstić information content (AvgIpc) is 2.82. The maximum atomic E-state index is 13.4. The molecule has 0 fully saturated rings. The Morgan fingerprint density at radius 3 is 2.55 bits per heavy atom. The Labute approximate surface area is 196 Å². The second kappa shape index (κ2) is 9.79. The van der Waals surface area contributed by atoms with Crippen LogP contribution in [0, 0.1) is 6.92 Å². The van der Waals surface area contributed by atoms with Crippen LogP contribution in [0.15, 0.2) is 77.6 Å². The number of hydrogen-bond acceptors (Lipinski definition) is 4. The van der Waals surface area contributed by atoms with E-state index in [-0.39, 0.29) is 18.0 Å². The smallest absolute Gasteiger partial charge is 0.256 e. The normalized spacial score (nSPS) is 10.8. The maximum Gasteiger partial charge on any atom is 0.256 e. The highest BCUT2D eigenvalue weighted by Gasteiger charge is 2.14. The van der Waals surface area contributed by atoms with Crippen molar-refractivity contribution in [2.75, 3.05) is 17.7 Å². The van der Waals surface area contributed by atoms with Crippen molar-refractivity contribution in [3.63, 3.8) is 0 Å². The lowest BCUT2D eigenvalue weighted by molar-refractivity contribution is -0.116. The minimum absolute atomic E-state index is 0.161. The predicted molar refractivity (Wildman–Crippen MR) is 133 cm³/mol. The van der Waals surface area contributed by atoms with Crippen LogP contribution in [0.1, 0.15) is 11.1 Å².